The minimum absolute atomic E-state index is 1.39. The molecule has 0 bridgehead atoms. The molecule has 9 heavy (non-hydrogen) atoms. The minimum atomic E-state index is -4.12. The summed E-state index contributed by atoms with van der Waals surface area (Å²) in [5.41, 5.74) is 0. The van der Waals surface area contributed by atoms with Crippen LogP contribution in [0.1, 0.15) is 0 Å². The first-order valence-corrected chi connectivity index (χ1v) is 2.01. The van der Waals surface area contributed by atoms with E-state index in [0.29, 0.717) is 0 Å². The van der Waals surface area contributed by atoms with Crippen LogP contribution >= 0.6 is 0 Å². The first-order chi connectivity index (χ1) is 3.91. The molecule has 2 nitrogen and oxygen atoms in total. The molecule has 0 N–H and O–H groups in total. The van der Waals surface area contributed by atoms with Crippen molar-refractivity contribution in [3.05, 3.63) is 0 Å². The second-order valence-electron chi connectivity index (χ2n) is 1.49. The van der Waals surface area contributed by atoms with E-state index >= 15 is 0 Å². The Balaban J connectivity index is 2.58. The highest BCUT2D eigenvalue weighted by molar-refractivity contribution is 4.59. The zero-order valence-corrected chi connectivity index (χ0v) is 4.04. The summed E-state index contributed by atoms with van der Waals surface area (Å²) >= 11 is 0. The van der Waals surface area contributed by atoms with Gasteiger partial charge in [0, 0.05) is 0 Å². The van der Waals surface area contributed by atoms with Crippen molar-refractivity contribution in [1.82, 2.24) is 0 Å². The molecule has 0 saturated carbocycles. The summed E-state index contributed by atoms with van der Waals surface area (Å²) in [5.74, 6) is 0. The molecule has 1 heterocycles. The van der Waals surface area contributed by atoms with E-state index in [2.05, 4.69) is 9.47 Å². The molecule has 0 radical (unpaired) electrons. The zero-order valence-electron chi connectivity index (χ0n) is 4.04. The third kappa shape index (κ3) is 1.52. The van der Waals surface area contributed by atoms with Crippen molar-refractivity contribution in [3.8, 4) is 0 Å². The lowest BCUT2D eigenvalue weighted by atomic mass is 10.7. The molecule has 1 aliphatic heterocycles. The van der Waals surface area contributed by atoms with Gasteiger partial charge in [-0.05, 0) is 0 Å². The Hall–Kier alpha value is -0.360. The third-order valence-corrected chi connectivity index (χ3v) is 0.676. The second-order valence-corrected chi connectivity index (χ2v) is 1.49. The fraction of sp³-hybridized carbons (Fsp3) is 1.00. The number of alkyl halides is 4. The number of hydrogen-bond donors (Lipinski definition) is 0. The van der Waals surface area contributed by atoms with Gasteiger partial charge < -0.3 is 0 Å². The number of halogens is 4. The van der Waals surface area contributed by atoms with E-state index in [-0.39, 0.29) is 0 Å². The average molecular weight is 146 g/mol. The standard InChI is InChI=1S/C3H2F4O2/c4-2(5)1-8-3(6,7)9-2/h1H2. The van der Waals surface area contributed by atoms with Crippen LogP contribution in [0.25, 0.3) is 0 Å². The van der Waals surface area contributed by atoms with E-state index in [9.17, 15) is 17.6 Å². The lowest BCUT2D eigenvalue weighted by Gasteiger charge is -2.05. The van der Waals surface area contributed by atoms with Crippen molar-refractivity contribution in [2.24, 2.45) is 0 Å². The minimum Gasteiger partial charge on any atom is -0.286 e. The molecule has 0 aromatic carbocycles. The zero-order chi connectivity index (χ0) is 7.12. The topological polar surface area (TPSA) is 18.5 Å². The van der Waals surface area contributed by atoms with E-state index < -0.39 is 19.0 Å². The van der Waals surface area contributed by atoms with Gasteiger partial charge in [0.1, 0.15) is 6.61 Å². The number of rotatable bonds is 0. The molecule has 54 valence electrons. The first kappa shape index (κ1) is 6.76. The predicted octanol–water partition coefficient (Wildman–Crippen LogP) is 1.18. The van der Waals surface area contributed by atoms with Crippen LogP contribution in [0.3, 0.4) is 0 Å². The Morgan fingerprint density at radius 1 is 1.11 bits per heavy atom. The summed E-state index contributed by atoms with van der Waals surface area (Å²) < 4.78 is 52.4. The molecular weight excluding hydrogens is 144 g/mol. The molecule has 6 heteroatoms. The lowest BCUT2D eigenvalue weighted by molar-refractivity contribution is -0.385. The van der Waals surface area contributed by atoms with Gasteiger partial charge in [-0.2, -0.15) is 8.78 Å². The lowest BCUT2D eigenvalue weighted by Crippen LogP contribution is -2.22. The van der Waals surface area contributed by atoms with Crippen LogP contribution in [0.4, 0.5) is 17.6 Å². The smallest absolute Gasteiger partial charge is 0.286 e. The Kier molecular flexibility index (Phi) is 1.18. The summed E-state index contributed by atoms with van der Waals surface area (Å²) in [4.78, 5) is 0. The van der Waals surface area contributed by atoms with Gasteiger partial charge in [-0.25, -0.2) is 4.74 Å². The van der Waals surface area contributed by atoms with Gasteiger partial charge in [0.2, 0.25) is 0 Å². The monoisotopic (exact) mass is 146 g/mol. The highest BCUT2D eigenvalue weighted by Crippen LogP contribution is 2.35. The number of hydrogen-bond acceptors (Lipinski definition) is 2. The van der Waals surface area contributed by atoms with Gasteiger partial charge in [0.25, 0.3) is 0 Å². The molecule has 1 fully saturated rings. The first-order valence-electron chi connectivity index (χ1n) is 2.01. The van der Waals surface area contributed by atoms with Crippen molar-refractivity contribution in [3.63, 3.8) is 0 Å². The van der Waals surface area contributed by atoms with Crippen LogP contribution in [0.5, 0.6) is 0 Å². The summed E-state index contributed by atoms with van der Waals surface area (Å²) in [7, 11) is 0. The second kappa shape index (κ2) is 1.57. The molecule has 1 rings (SSSR count). The van der Waals surface area contributed by atoms with Gasteiger partial charge >= 0.3 is 12.4 Å². The van der Waals surface area contributed by atoms with Crippen molar-refractivity contribution in [1.29, 1.82) is 0 Å². The molecule has 0 unspecified atom stereocenters. The average Bonchev–Trinajstić information content (AvgIpc) is 1.78. The van der Waals surface area contributed by atoms with E-state index in [0.717, 1.165) is 0 Å². The predicted molar refractivity (Wildman–Crippen MR) is 16.9 cm³/mol. The fourth-order valence-corrected chi connectivity index (χ4v) is 0.401. The highest BCUT2D eigenvalue weighted by Gasteiger charge is 2.54. The van der Waals surface area contributed by atoms with E-state index in [1.54, 1.807) is 0 Å². The Morgan fingerprint density at radius 3 is 1.78 bits per heavy atom. The Morgan fingerprint density at radius 2 is 1.67 bits per heavy atom. The molecule has 1 saturated heterocycles. The highest BCUT2D eigenvalue weighted by atomic mass is 19.3. The van der Waals surface area contributed by atoms with E-state index in [1.807, 2.05) is 0 Å². The van der Waals surface area contributed by atoms with Gasteiger partial charge in [0.15, 0.2) is 0 Å². The summed E-state index contributed by atoms with van der Waals surface area (Å²) in [6.45, 7) is -1.39. The van der Waals surface area contributed by atoms with Gasteiger partial charge in [-0.3, -0.25) is 4.74 Å². The van der Waals surface area contributed by atoms with Crippen LogP contribution in [-0.2, 0) is 9.47 Å². The molecule has 0 amide bonds. The van der Waals surface area contributed by atoms with Crippen molar-refractivity contribution in [2.45, 2.75) is 12.4 Å². The van der Waals surface area contributed by atoms with Crippen LogP contribution in [0.15, 0.2) is 0 Å². The fourth-order valence-electron chi connectivity index (χ4n) is 0.401. The maximum Gasteiger partial charge on any atom is 0.490 e. The van der Waals surface area contributed by atoms with Gasteiger partial charge in [-0.1, -0.05) is 0 Å². The van der Waals surface area contributed by atoms with Crippen molar-refractivity contribution < 1.29 is 27.0 Å². The molecule has 1 aliphatic rings. The van der Waals surface area contributed by atoms with E-state index in [4.69, 9.17) is 0 Å². The SMILES string of the molecule is FC1(F)COC(F)(F)O1. The molecule has 0 aliphatic carbocycles. The molecule has 0 spiro atoms. The summed E-state index contributed by atoms with van der Waals surface area (Å²) in [5, 5.41) is 0. The molecule has 0 aromatic heterocycles. The molecular formula is C3H2F4O2. The molecule has 0 aromatic rings. The molecule has 0 atom stereocenters. The van der Waals surface area contributed by atoms with Crippen LogP contribution < -0.4 is 0 Å². The Labute approximate surface area is 47.4 Å². The maximum atomic E-state index is 11.6. The quantitative estimate of drug-likeness (QED) is 0.477. The van der Waals surface area contributed by atoms with Crippen molar-refractivity contribution in [2.75, 3.05) is 6.61 Å². The number of ether oxygens (including phenoxy) is 2. The normalized spacial score (nSPS) is 30.7. The van der Waals surface area contributed by atoms with Gasteiger partial charge in [-0.15, -0.1) is 8.78 Å². The summed E-state index contributed by atoms with van der Waals surface area (Å²) in [6, 6.07) is 0. The van der Waals surface area contributed by atoms with E-state index in [1.165, 1.54) is 0 Å². The maximum absolute atomic E-state index is 11.6. The van der Waals surface area contributed by atoms with Crippen LogP contribution in [0, 0.1) is 0 Å². The van der Waals surface area contributed by atoms with Crippen molar-refractivity contribution >= 4 is 0 Å². The van der Waals surface area contributed by atoms with Gasteiger partial charge in [0.05, 0.1) is 0 Å². The largest absolute Gasteiger partial charge is 0.490 e. The van der Waals surface area contributed by atoms with Crippen LogP contribution in [-0.4, -0.2) is 19.0 Å². The van der Waals surface area contributed by atoms with Crippen LogP contribution in [0.2, 0.25) is 0 Å². The summed E-state index contributed by atoms with van der Waals surface area (Å²) in [6.07, 6.45) is -7.97. The third-order valence-electron chi connectivity index (χ3n) is 0.676. The Bertz CT molecular complexity index is 109.